The second kappa shape index (κ2) is 3.64. The standard InChI is InChI=1S/C11H10NO2S/c1-9-7-15-11(14)12(9,8-13)10-5-3-2-4-6-10/h2-8H,1H3/q+1. The summed E-state index contributed by atoms with van der Waals surface area (Å²) in [6, 6.07) is 9.08. The monoisotopic (exact) mass is 220 g/mol. The van der Waals surface area contributed by atoms with Crippen molar-refractivity contribution in [3.05, 3.63) is 41.4 Å². The number of rotatable bonds is 2. The Hall–Kier alpha value is -1.39. The maximum absolute atomic E-state index is 11.8. The van der Waals surface area contributed by atoms with E-state index in [1.54, 1.807) is 24.5 Å². The van der Waals surface area contributed by atoms with Gasteiger partial charge in [0.25, 0.3) is 0 Å². The van der Waals surface area contributed by atoms with Crippen LogP contribution in [0.15, 0.2) is 41.4 Å². The van der Waals surface area contributed by atoms with Crippen LogP contribution in [0.2, 0.25) is 0 Å². The van der Waals surface area contributed by atoms with Crippen LogP contribution in [0.3, 0.4) is 0 Å². The number of thioether (sulfide) groups is 1. The first-order chi connectivity index (χ1) is 7.21. The fourth-order valence-electron chi connectivity index (χ4n) is 1.61. The highest BCUT2D eigenvalue weighted by molar-refractivity contribution is 8.16. The number of benzene rings is 1. The summed E-state index contributed by atoms with van der Waals surface area (Å²) in [5, 5.41) is 1.55. The largest absolute Gasteiger partial charge is 0.396 e. The minimum atomic E-state index is -0.314. The summed E-state index contributed by atoms with van der Waals surface area (Å²) in [5.74, 6) is 0. The van der Waals surface area contributed by atoms with E-state index in [-0.39, 0.29) is 9.72 Å². The Balaban J connectivity index is 2.61. The minimum Gasteiger partial charge on any atom is -0.232 e. The maximum atomic E-state index is 11.8. The summed E-state index contributed by atoms with van der Waals surface area (Å²) in [5.41, 5.74) is 1.43. The first-order valence-electron chi connectivity index (χ1n) is 4.51. The van der Waals surface area contributed by atoms with Crippen LogP contribution in [-0.4, -0.2) is 11.6 Å². The molecule has 0 aromatic heterocycles. The summed E-state index contributed by atoms with van der Waals surface area (Å²) >= 11 is 1.07. The lowest BCUT2D eigenvalue weighted by Crippen LogP contribution is -2.46. The zero-order chi connectivity index (χ0) is 10.9. The SMILES string of the molecule is CC1=CSC(=O)[N+]1(C=O)c1ccccc1. The summed E-state index contributed by atoms with van der Waals surface area (Å²) in [6.07, 6.45) is 0.684. The molecule has 1 aromatic carbocycles. The number of hydrogen-bond donors (Lipinski definition) is 0. The molecule has 76 valence electrons. The minimum absolute atomic E-state index is 0.172. The quantitative estimate of drug-likeness (QED) is 0.567. The molecule has 0 bridgehead atoms. The lowest BCUT2D eigenvalue weighted by Gasteiger charge is -2.23. The second-order valence-electron chi connectivity index (χ2n) is 3.31. The summed E-state index contributed by atoms with van der Waals surface area (Å²) < 4.78 is -0.314. The van der Waals surface area contributed by atoms with Gasteiger partial charge in [0.05, 0.1) is 0 Å². The van der Waals surface area contributed by atoms with Gasteiger partial charge in [-0.25, -0.2) is 9.59 Å². The van der Waals surface area contributed by atoms with E-state index in [1.165, 1.54) is 0 Å². The number of para-hydroxylation sites is 1. The number of allylic oxidation sites excluding steroid dienone is 1. The fraction of sp³-hybridized carbons (Fsp3) is 0.0909. The Labute approximate surface area is 92.0 Å². The van der Waals surface area contributed by atoms with Crippen LogP contribution >= 0.6 is 11.8 Å². The third-order valence-electron chi connectivity index (χ3n) is 2.50. The van der Waals surface area contributed by atoms with Crippen LogP contribution in [-0.2, 0) is 4.79 Å². The van der Waals surface area contributed by atoms with E-state index in [9.17, 15) is 9.59 Å². The molecule has 1 aromatic rings. The van der Waals surface area contributed by atoms with Crippen molar-refractivity contribution in [2.75, 3.05) is 0 Å². The van der Waals surface area contributed by atoms with Gasteiger partial charge in [0, 0.05) is 36.2 Å². The highest BCUT2D eigenvalue weighted by Gasteiger charge is 2.46. The lowest BCUT2D eigenvalue weighted by atomic mass is 10.2. The summed E-state index contributed by atoms with van der Waals surface area (Å²) in [4.78, 5) is 23.0. The average Bonchev–Trinajstić information content (AvgIpc) is 2.57. The van der Waals surface area contributed by atoms with Gasteiger partial charge in [0.15, 0.2) is 5.69 Å². The van der Waals surface area contributed by atoms with Crippen LogP contribution < -0.4 is 4.48 Å². The molecule has 1 heterocycles. The van der Waals surface area contributed by atoms with Gasteiger partial charge in [-0.3, -0.25) is 0 Å². The number of quaternary nitrogens is 1. The first-order valence-corrected chi connectivity index (χ1v) is 5.39. The molecule has 2 rings (SSSR count). The summed E-state index contributed by atoms with van der Waals surface area (Å²) in [7, 11) is 0. The zero-order valence-electron chi connectivity index (χ0n) is 8.21. The van der Waals surface area contributed by atoms with Crippen LogP contribution in [0.25, 0.3) is 0 Å². The molecule has 0 radical (unpaired) electrons. The van der Waals surface area contributed by atoms with E-state index >= 15 is 0 Å². The number of imide groups is 1. The van der Waals surface area contributed by atoms with Crippen molar-refractivity contribution in [2.24, 2.45) is 0 Å². The van der Waals surface area contributed by atoms with Gasteiger partial charge >= 0.3 is 11.6 Å². The Morgan fingerprint density at radius 1 is 1.27 bits per heavy atom. The molecule has 1 aliphatic rings. The maximum Gasteiger partial charge on any atom is 0.396 e. The van der Waals surface area contributed by atoms with Gasteiger partial charge in [-0.1, -0.05) is 18.2 Å². The number of amides is 2. The molecule has 0 fully saturated rings. The number of hydrogen-bond acceptors (Lipinski definition) is 3. The Kier molecular flexibility index (Phi) is 2.46. The van der Waals surface area contributed by atoms with Crippen LogP contribution in [0.4, 0.5) is 10.5 Å². The van der Waals surface area contributed by atoms with Crippen molar-refractivity contribution in [3.63, 3.8) is 0 Å². The Morgan fingerprint density at radius 2 is 1.93 bits per heavy atom. The molecule has 1 atom stereocenters. The topological polar surface area (TPSA) is 34.1 Å². The smallest absolute Gasteiger partial charge is 0.232 e. The van der Waals surface area contributed by atoms with Gasteiger partial charge in [-0.05, 0) is 0 Å². The molecule has 3 nitrogen and oxygen atoms in total. The molecule has 0 spiro atoms. The van der Waals surface area contributed by atoms with Gasteiger partial charge in [-0.2, -0.15) is 0 Å². The molecule has 1 aliphatic heterocycles. The molecule has 0 aliphatic carbocycles. The van der Waals surface area contributed by atoms with Gasteiger partial charge in [-0.15, -0.1) is 4.48 Å². The molecule has 0 N–H and O–H groups in total. The lowest BCUT2D eigenvalue weighted by molar-refractivity contribution is -0.113. The Bertz CT molecular complexity index is 441. The molecule has 1 unspecified atom stereocenters. The predicted molar refractivity (Wildman–Crippen MR) is 61.0 cm³/mol. The van der Waals surface area contributed by atoms with E-state index in [0.717, 1.165) is 17.5 Å². The van der Waals surface area contributed by atoms with Gasteiger partial charge in [0.2, 0.25) is 0 Å². The van der Waals surface area contributed by atoms with Crippen molar-refractivity contribution in [3.8, 4) is 0 Å². The van der Waals surface area contributed by atoms with Crippen LogP contribution in [0.5, 0.6) is 0 Å². The number of carbonyl (C=O) groups excluding carboxylic acids is 2. The third-order valence-corrected chi connectivity index (χ3v) is 3.44. The molecule has 4 heteroatoms. The molecule has 2 amide bonds. The van der Waals surface area contributed by atoms with E-state index in [4.69, 9.17) is 0 Å². The average molecular weight is 220 g/mol. The first kappa shape index (κ1) is 10.1. The fourth-order valence-corrected chi connectivity index (χ4v) is 2.50. The molecule has 0 saturated carbocycles. The van der Waals surface area contributed by atoms with Crippen molar-refractivity contribution in [1.82, 2.24) is 4.48 Å². The molecular formula is C11H10NO2S+. The number of nitrogens with zero attached hydrogens (tertiary/aromatic N) is 1. The molecule has 0 saturated heterocycles. The molecule has 15 heavy (non-hydrogen) atoms. The Morgan fingerprint density at radius 3 is 2.40 bits per heavy atom. The second-order valence-corrected chi connectivity index (χ2v) is 4.13. The molecular weight excluding hydrogens is 210 g/mol. The zero-order valence-corrected chi connectivity index (χ0v) is 9.03. The normalized spacial score (nSPS) is 25.1. The van der Waals surface area contributed by atoms with Crippen molar-refractivity contribution >= 4 is 29.1 Å². The van der Waals surface area contributed by atoms with Crippen LogP contribution in [0.1, 0.15) is 6.92 Å². The third kappa shape index (κ3) is 1.33. The van der Waals surface area contributed by atoms with Crippen molar-refractivity contribution < 1.29 is 9.59 Å². The van der Waals surface area contributed by atoms with E-state index in [2.05, 4.69) is 0 Å². The predicted octanol–water partition coefficient (Wildman–Crippen LogP) is 2.88. The van der Waals surface area contributed by atoms with Crippen molar-refractivity contribution in [1.29, 1.82) is 0 Å². The summed E-state index contributed by atoms with van der Waals surface area (Å²) in [6.45, 7) is 1.79. The van der Waals surface area contributed by atoms with Crippen molar-refractivity contribution in [2.45, 2.75) is 6.92 Å². The van der Waals surface area contributed by atoms with Gasteiger partial charge < -0.3 is 0 Å². The van der Waals surface area contributed by atoms with Gasteiger partial charge in [0.1, 0.15) is 5.70 Å². The highest BCUT2D eigenvalue weighted by atomic mass is 32.2. The van der Waals surface area contributed by atoms with Crippen LogP contribution in [0, 0.1) is 0 Å². The number of carbonyl (C=O) groups is 2. The van der Waals surface area contributed by atoms with E-state index in [0.29, 0.717) is 12.1 Å². The van der Waals surface area contributed by atoms with E-state index < -0.39 is 0 Å². The highest BCUT2D eigenvalue weighted by Crippen LogP contribution is 2.37. The van der Waals surface area contributed by atoms with E-state index in [1.807, 2.05) is 18.2 Å².